The maximum atomic E-state index is 12.7. The lowest BCUT2D eigenvalue weighted by Gasteiger charge is -2.21. The predicted octanol–water partition coefficient (Wildman–Crippen LogP) is 3.50. The maximum Gasteiger partial charge on any atom is 0.246 e. The normalized spacial score (nSPS) is 11.6. The highest BCUT2D eigenvalue weighted by Gasteiger charge is 2.25. The van der Waals surface area contributed by atoms with Gasteiger partial charge in [-0.15, -0.1) is 11.8 Å². The third-order valence-corrected chi connectivity index (χ3v) is 7.53. The number of amides is 1. The highest BCUT2D eigenvalue weighted by molar-refractivity contribution is 9.10. The monoisotopic (exact) mass is 524 g/mol. The minimum absolute atomic E-state index is 0.0656. The van der Waals surface area contributed by atoms with E-state index < -0.39 is 15.9 Å². The smallest absolute Gasteiger partial charge is 0.246 e. The summed E-state index contributed by atoms with van der Waals surface area (Å²) in [4.78, 5) is 19.3. The Morgan fingerprint density at radius 1 is 1.16 bits per heavy atom. The molecule has 0 saturated heterocycles. The number of likely N-dealkylation sites (N-methyl/N-ethyl adjacent to an activating group) is 2. The van der Waals surface area contributed by atoms with Gasteiger partial charge in [0.1, 0.15) is 0 Å². The summed E-state index contributed by atoms with van der Waals surface area (Å²) in [6, 6.07) is 14.0. The number of sulfonamides is 1. The zero-order valence-corrected chi connectivity index (χ0v) is 20.4. The molecule has 0 fully saturated rings. The minimum Gasteiger partial charge on any atom is -0.337 e. The molecule has 0 aliphatic carbocycles. The van der Waals surface area contributed by atoms with Gasteiger partial charge in [-0.3, -0.25) is 4.79 Å². The van der Waals surface area contributed by atoms with Gasteiger partial charge in [0.15, 0.2) is 0 Å². The first-order valence-electron chi connectivity index (χ1n) is 9.13. The zero-order chi connectivity index (χ0) is 22.6. The second-order valence-electron chi connectivity index (χ2n) is 6.71. The number of hydrogen-bond donors (Lipinski definition) is 0. The molecule has 1 heterocycles. The van der Waals surface area contributed by atoms with E-state index in [-0.39, 0.29) is 23.9 Å². The van der Waals surface area contributed by atoms with Crippen molar-refractivity contribution in [1.82, 2.24) is 19.3 Å². The fourth-order valence-corrected chi connectivity index (χ4v) is 4.61. The fourth-order valence-electron chi connectivity index (χ4n) is 2.68. The molecular formula is C20H21BrN4O4S2. The summed E-state index contributed by atoms with van der Waals surface area (Å²) in [5.41, 5.74) is 0.775. The molecule has 0 atom stereocenters. The molecule has 0 N–H and O–H groups in total. The number of thioether (sulfide) groups is 1. The molecule has 3 rings (SSSR count). The van der Waals surface area contributed by atoms with E-state index in [4.69, 9.17) is 4.52 Å². The Balaban J connectivity index is 1.63. The molecule has 0 aliphatic heterocycles. The van der Waals surface area contributed by atoms with Crippen LogP contribution < -0.4 is 0 Å². The molecule has 3 aromatic rings. The Kier molecular flexibility index (Phi) is 7.52. The van der Waals surface area contributed by atoms with Crippen LogP contribution in [0.25, 0.3) is 11.4 Å². The summed E-state index contributed by atoms with van der Waals surface area (Å²) < 4.78 is 32.6. The summed E-state index contributed by atoms with van der Waals surface area (Å²) in [6.45, 7) is -0.244. The van der Waals surface area contributed by atoms with E-state index in [0.717, 1.165) is 19.2 Å². The van der Waals surface area contributed by atoms with Crippen molar-refractivity contribution in [3.8, 4) is 11.4 Å². The van der Waals surface area contributed by atoms with Gasteiger partial charge in [0.05, 0.1) is 18.0 Å². The largest absolute Gasteiger partial charge is 0.337 e. The molecule has 31 heavy (non-hydrogen) atoms. The molecule has 0 aliphatic rings. The van der Waals surface area contributed by atoms with Gasteiger partial charge >= 0.3 is 0 Å². The third kappa shape index (κ3) is 5.73. The first-order valence-corrected chi connectivity index (χ1v) is 12.6. The number of rotatable bonds is 8. The van der Waals surface area contributed by atoms with Crippen molar-refractivity contribution in [3.63, 3.8) is 0 Å². The van der Waals surface area contributed by atoms with E-state index in [1.54, 1.807) is 19.2 Å². The SMILES string of the molecule is CSc1ccc(S(=O)(=O)N(C)CC(=O)N(C)Cc2nc(-c3cccc(Br)c3)no2)cc1. The van der Waals surface area contributed by atoms with Gasteiger partial charge in [0.25, 0.3) is 0 Å². The Bertz CT molecular complexity index is 1170. The first kappa shape index (κ1) is 23.5. The lowest BCUT2D eigenvalue weighted by Crippen LogP contribution is -2.39. The number of carbonyl (C=O) groups excluding carboxylic acids is 1. The van der Waals surface area contributed by atoms with Crippen molar-refractivity contribution in [1.29, 1.82) is 0 Å². The van der Waals surface area contributed by atoms with E-state index in [1.165, 1.54) is 35.8 Å². The summed E-state index contributed by atoms with van der Waals surface area (Å²) >= 11 is 4.92. The van der Waals surface area contributed by atoms with Crippen LogP contribution >= 0.6 is 27.7 Å². The minimum atomic E-state index is -3.78. The van der Waals surface area contributed by atoms with Crippen molar-refractivity contribution in [3.05, 3.63) is 58.9 Å². The Labute approximate surface area is 193 Å². The maximum absolute atomic E-state index is 12.7. The summed E-state index contributed by atoms with van der Waals surface area (Å²) in [5, 5.41) is 3.94. The van der Waals surface area contributed by atoms with Gasteiger partial charge in [-0.25, -0.2) is 8.42 Å². The molecule has 1 amide bonds. The molecular weight excluding hydrogens is 504 g/mol. The summed E-state index contributed by atoms with van der Waals surface area (Å²) in [7, 11) is -0.849. The van der Waals surface area contributed by atoms with Gasteiger partial charge in [-0.2, -0.15) is 9.29 Å². The fraction of sp³-hybridized carbons (Fsp3) is 0.250. The lowest BCUT2D eigenvalue weighted by atomic mass is 10.2. The third-order valence-electron chi connectivity index (χ3n) is 4.47. The molecule has 0 saturated carbocycles. The average Bonchev–Trinajstić information content (AvgIpc) is 3.22. The van der Waals surface area contributed by atoms with E-state index in [9.17, 15) is 13.2 Å². The van der Waals surface area contributed by atoms with Crippen molar-refractivity contribution in [2.75, 3.05) is 26.9 Å². The number of carbonyl (C=O) groups is 1. The van der Waals surface area contributed by atoms with Crippen molar-refractivity contribution >= 4 is 43.6 Å². The van der Waals surface area contributed by atoms with Crippen LogP contribution in [-0.4, -0.2) is 60.6 Å². The topological polar surface area (TPSA) is 96.6 Å². The molecule has 0 radical (unpaired) electrons. The number of hydrogen-bond acceptors (Lipinski definition) is 7. The molecule has 164 valence electrons. The van der Waals surface area contributed by atoms with Gasteiger partial charge < -0.3 is 9.42 Å². The van der Waals surface area contributed by atoms with Crippen LogP contribution in [0, 0.1) is 0 Å². The highest BCUT2D eigenvalue weighted by atomic mass is 79.9. The van der Waals surface area contributed by atoms with E-state index in [2.05, 4.69) is 26.1 Å². The van der Waals surface area contributed by atoms with Crippen LogP contribution in [0.2, 0.25) is 0 Å². The summed E-state index contributed by atoms with van der Waals surface area (Å²) in [6.07, 6.45) is 1.91. The van der Waals surface area contributed by atoms with Gasteiger partial charge in [-0.05, 0) is 42.7 Å². The van der Waals surface area contributed by atoms with Crippen molar-refractivity contribution < 1.29 is 17.7 Å². The second kappa shape index (κ2) is 9.94. The van der Waals surface area contributed by atoms with Crippen LogP contribution in [0.4, 0.5) is 0 Å². The Morgan fingerprint density at radius 3 is 2.52 bits per heavy atom. The van der Waals surface area contributed by atoms with E-state index in [0.29, 0.717) is 5.82 Å². The lowest BCUT2D eigenvalue weighted by molar-refractivity contribution is -0.130. The van der Waals surface area contributed by atoms with Crippen molar-refractivity contribution in [2.24, 2.45) is 0 Å². The van der Waals surface area contributed by atoms with Gasteiger partial charge in [-0.1, -0.05) is 33.2 Å². The van der Waals surface area contributed by atoms with E-state index in [1.807, 2.05) is 30.5 Å². The van der Waals surface area contributed by atoms with Crippen LogP contribution in [-0.2, 0) is 21.4 Å². The van der Waals surface area contributed by atoms with Crippen molar-refractivity contribution in [2.45, 2.75) is 16.3 Å². The average molecular weight is 525 g/mol. The van der Waals surface area contributed by atoms with Gasteiger partial charge in [0, 0.05) is 29.0 Å². The number of benzene rings is 2. The van der Waals surface area contributed by atoms with Crippen LogP contribution in [0.1, 0.15) is 5.89 Å². The van der Waals surface area contributed by atoms with Crippen LogP contribution in [0.15, 0.2) is 67.3 Å². The molecule has 0 unspecified atom stereocenters. The highest BCUT2D eigenvalue weighted by Crippen LogP contribution is 2.21. The molecule has 0 spiro atoms. The Hall–Kier alpha value is -2.21. The molecule has 0 bridgehead atoms. The molecule has 1 aromatic heterocycles. The molecule has 2 aromatic carbocycles. The summed E-state index contributed by atoms with van der Waals surface area (Å²) in [5.74, 6) is 0.267. The van der Waals surface area contributed by atoms with Crippen LogP contribution in [0.5, 0.6) is 0 Å². The van der Waals surface area contributed by atoms with Crippen LogP contribution in [0.3, 0.4) is 0 Å². The first-order chi connectivity index (χ1) is 14.7. The quantitative estimate of drug-likeness (QED) is 0.416. The molecule has 8 nitrogen and oxygen atoms in total. The zero-order valence-electron chi connectivity index (χ0n) is 17.1. The molecule has 11 heteroatoms. The number of halogens is 1. The standard InChI is InChI=1S/C20H21BrN4O4S2/c1-24(12-18-22-20(23-29-18)14-5-4-6-15(21)11-14)19(26)13-25(2)31(27,28)17-9-7-16(30-3)8-10-17/h4-11H,12-13H2,1-3H3. The number of nitrogens with zero attached hydrogens (tertiary/aromatic N) is 4. The Morgan fingerprint density at radius 2 is 1.87 bits per heavy atom. The number of aromatic nitrogens is 2. The van der Waals surface area contributed by atoms with Gasteiger partial charge in [0.2, 0.25) is 27.6 Å². The van der Waals surface area contributed by atoms with E-state index >= 15 is 0 Å². The second-order valence-corrected chi connectivity index (χ2v) is 10.5. The predicted molar refractivity (Wildman–Crippen MR) is 122 cm³/mol.